The molecule has 6 nitrogen and oxygen atoms in total. The predicted octanol–water partition coefficient (Wildman–Crippen LogP) is 1.45. The SMILES string of the molecule is CC1(C)CN(C(=O)NCC2(C(=O)O)CC2)CC(C)(C)O1. The number of nitrogens with one attached hydrogen (secondary N) is 1. The molecule has 2 fully saturated rings. The molecule has 2 rings (SSSR count). The van der Waals surface area contributed by atoms with E-state index in [1.165, 1.54) is 0 Å². The summed E-state index contributed by atoms with van der Waals surface area (Å²) >= 11 is 0. The molecular formula is C14H24N2O4. The number of amides is 2. The summed E-state index contributed by atoms with van der Waals surface area (Å²) in [6.45, 7) is 9.02. The highest BCUT2D eigenvalue weighted by Crippen LogP contribution is 2.45. The third-order valence-electron chi connectivity index (χ3n) is 3.87. The summed E-state index contributed by atoms with van der Waals surface area (Å²) in [6, 6.07) is -0.207. The van der Waals surface area contributed by atoms with Crippen LogP contribution in [0, 0.1) is 5.41 Å². The number of hydrogen-bond donors (Lipinski definition) is 2. The van der Waals surface area contributed by atoms with Gasteiger partial charge in [-0.05, 0) is 40.5 Å². The molecule has 1 aliphatic heterocycles. The second kappa shape index (κ2) is 4.62. The first-order chi connectivity index (χ1) is 9.05. The molecule has 1 saturated carbocycles. The number of morpholine rings is 1. The van der Waals surface area contributed by atoms with Gasteiger partial charge in [-0.3, -0.25) is 4.79 Å². The van der Waals surface area contributed by atoms with Gasteiger partial charge in [0.05, 0.1) is 29.7 Å². The Morgan fingerprint density at radius 1 is 1.15 bits per heavy atom. The van der Waals surface area contributed by atoms with Crippen molar-refractivity contribution in [2.24, 2.45) is 5.41 Å². The van der Waals surface area contributed by atoms with Crippen LogP contribution in [0.4, 0.5) is 4.79 Å². The molecular weight excluding hydrogens is 260 g/mol. The molecule has 0 bridgehead atoms. The van der Waals surface area contributed by atoms with E-state index in [1.54, 1.807) is 4.90 Å². The number of urea groups is 1. The normalized spacial score (nSPS) is 25.9. The van der Waals surface area contributed by atoms with Crippen LogP contribution in [0.3, 0.4) is 0 Å². The smallest absolute Gasteiger partial charge is 0.317 e. The Balaban J connectivity index is 1.94. The molecule has 2 N–H and O–H groups in total. The molecule has 114 valence electrons. The lowest BCUT2D eigenvalue weighted by molar-refractivity contribution is -0.170. The van der Waals surface area contributed by atoms with Crippen molar-refractivity contribution in [2.45, 2.75) is 51.7 Å². The highest BCUT2D eigenvalue weighted by atomic mass is 16.5. The Morgan fingerprint density at radius 2 is 1.65 bits per heavy atom. The lowest BCUT2D eigenvalue weighted by Crippen LogP contribution is -2.60. The van der Waals surface area contributed by atoms with Crippen LogP contribution in [0.1, 0.15) is 40.5 Å². The van der Waals surface area contributed by atoms with E-state index in [0.717, 1.165) is 0 Å². The summed E-state index contributed by atoms with van der Waals surface area (Å²) in [4.78, 5) is 25.0. The molecule has 0 aromatic heterocycles. The maximum atomic E-state index is 12.2. The molecule has 0 aromatic rings. The summed E-state index contributed by atoms with van der Waals surface area (Å²) in [5.41, 5.74) is -1.53. The number of carbonyl (C=O) groups excluding carboxylic acids is 1. The van der Waals surface area contributed by atoms with Crippen LogP contribution < -0.4 is 5.32 Å². The van der Waals surface area contributed by atoms with Gasteiger partial charge in [0.15, 0.2) is 0 Å². The summed E-state index contributed by atoms with van der Waals surface area (Å²) < 4.78 is 5.92. The molecule has 0 unspecified atom stereocenters. The van der Waals surface area contributed by atoms with Crippen molar-refractivity contribution in [3.63, 3.8) is 0 Å². The average Bonchev–Trinajstić information content (AvgIpc) is 3.02. The van der Waals surface area contributed by atoms with E-state index in [-0.39, 0.29) is 12.6 Å². The third-order valence-corrected chi connectivity index (χ3v) is 3.87. The zero-order valence-corrected chi connectivity index (χ0v) is 12.7. The average molecular weight is 284 g/mol. The number of carbonyl (C=O) groups is 2. The van der Waals surface area contributed by atoms with Crippen LogP contribution in [0.5, 0.6) is 0 Å². The largest absolute Gasteiger partial charge is 0.481 e. The van der Waals surface area contributed by atoms with E-state index in [1.807, 2.05) is 27.7 Å². The van der Waals surface area contributed by atoms with E-state index in [0.29, 0.717) is 25.9 Å². The van der Waals surface area contributed by atoms with Gasteiger partial charge in [0.2, 0.25) is 0 Å². The fourth-order valence-electron chi connectivity index (χ4n) is 2.91. The Kier molecular flexibility index (Phi) is 3.48. The maximum Gasteiger partial charge on any atom is 0.317 e. The van der Waals surface area contributed by atoms with Crippen molar-refractivity contribution in [1.82, 2.24) is 10.2 Å². The van der Waals surface area contributed by atoms with Gasteiger partial charge in [-0.15, -0.1) is 0 Å². The number of hydrogen-bond acceptors (Lipinski definition) is 3. The molecule has 0 radical (unpaired) electrons. The van der Waals surface area contributed by atoms with Crippen LogP contribution in [0.25, 0.3) is 0 Å². The first-order valence-electron chi connectivity index (χ1n) is 7.02. The van der Waals surface area contributed by atoms with Crippen molar-refractivity contribution in [3.05, 3.63) is 0 Å². The first kappa shape index (κ1) is 15.1. The van der Waals surface area contributed by atoms with Crippen LogP contribution in [-0.2, 0) is 9.53 Å². The number of carboxylic acids is 1. The minimum Gasteiger partial charge on any atom is -0.481 e. The van der Waals surface area contributed by atoms with Crippen molar-refractivity contribution in [1.29, 1.82) is 0 Å². The summed E-state index contributed by atoms with van der Waals surface area (Å²) in [6.07, 6.45) is 1.28. The van der Waals surface area contributed by atoms with Crippen LogP contribution >= 0.6 is 0 Å². The fraction of sp³-hybridized carbons (Fsp3) is 0.857. The molecule has 6 heteroatoms. The highest BCUT2D eigenvalue weighted by molar-refractivity contribution is 5.80. The second-order valence-corrected chi connectivity index (χ2v) is 7.22. The van der Waals surface area contributed by atoms with Gasteiger partial charge in [-0.2, -0.15) is 0 Å². The first-order valence-corrected chi connectivity index (χ1v) is 7.02. The van der Waals surface area contributed by atoms with E-state index in [2.05, 4.69) is 5.32 Å². The lowest BCUT2D eigenvalue weighted by atomic mass is 9.99. The minimum absolute atomic E-state index is 0.207. The summed E-state index contributed by atoms with van der Waals surface area (Å²) in [5, 5.41) is 11.9. The number of nitrogens with zero attached hydrogens (tertiary/aromatic N) is 1. The van der Waals surface area contributed by atoms with Gasteiger partial charge in [0, 0.05) is 6.54 Å². The number of ether oxygens (including phenoxy) is 1. The summed E-state index contributed by atoms with van der Waals surface area (Å²) in [5.74, 6) is -0.819. The third kappa shape index (κ3) is 3.23. The molecule has 2 amide bonds. The Hall–Kier alpha value is -1.30. The van der Waals surface area contributed by atoms with Crippen LogP contribution in [0.15, 0.2) is 0 Å². The Morgan fingerprint density at radius 3 is 2.05 bits per heavy atom. The van der Waals surface area contributed by atoms with Crippen LogP contribution in [-0.4, -0.2) is 52.8 Å². The van der Waals surface area contributed by atoms with Crippen molar-refractivity contribution < 1.29 is 19.4 Å². The Bertz CT molecular complexity index is 411. The van der Waals surface area contributed by atoms with Gasteiger partial charge in [0.1, 0.15) is 0 Å². The van der Waals surface area contributed by atoms with Gasteiger partial charge in [-0.1, -0.05) is 0 Å². The van der Waals surface area contributed by atoms with Crippen molar-refractivity contribution in [3.8, 4) is 0 Å². The molecule has 0 spiro atoms. The Labute approximate surface area is 119 Å². The molecule has 0 atom stereocenters. The number of rotatable bonds is 3. The summed E-state index contributed by atoms with van der Waals surface area (Å²) in [7, 11) is 0. The topological polar surface area (TPSA) is 78.9 Å². The molecule has 0 aromatic carbocycles. The molecule has 2 aliphatic rings. The fourth-order valence-corrected chi connectivity index (χ4v) is 2.91. The quantitative estimate of drug-likeness (QED) is 0.822. The van der Waals surface area contributed by atoms with Gasteiger partial charge in [0.25, 0.3) is 0 Å². The lowest BCUT2D eigenvalue weighted by Gasteiger charge is -2.47. The van der Waals surface area contributed by atoms with Crippen molar-refractivity contribution >= 4 is 12.0 Å². The zero-order chi connectivity index (χ0) is 15.2. The standard InChI is InChI=1S/C14H24N2O4/c1-12(2)8-16(9-13(3,4)20-12)11(19)15-7-14(5-6-14)10(17)18/h5-9H2,1-4H3,(H,15,19)(H,17,18). The second-order valence-electron chi connectivity index (χ2n) is 7.22. The van der Waals surface area contributed by atoms with Crippen molar-refractivity contribution in [2.75, 3.05) is 19.6 Å². The monoisotopic (exact) mass is 284 g/mol. The van der Waals surface area contributed by atoms with Gasteiger partial charge >= 0.3 is 12.0 Å². The van der Waals surface area contributed by atoms with E-state index >= 15 is 0 Å². The number of carboxylic acid groups (broad SMARTS) is 1. The molecule has 1 heterocycles. The molecule has 1 aliphatic carbocycles. The van der Waals surface area contributed by atoms with Gasteiger partial charge < -0.3 is 20.1 Å². The van der Waals surface area contributed by atoms with E-state index in [4.69, 9.17) is 9.84 Å². The van der Waals surface area contributed by atoms with E-state index < -0.39 is 22.6 Å². The maximum absolute atomic E-state index is 12.2. The molecule has 1 saturated heterocycles. The minimum atomic E-state index is -0.819. The zero-order valence-electron chi connectivity index (χ0n) is 12.7. The number of aliphatic carboxylic acids is 1. The highest BCUT2D eigenvalue weighted by Gasteiger charge is 2.50. The van der Waals surface area contributed by atoms with E-state index in [9.17, 15) is 9.59 Å². The van der Waals surface area contributed by atoms with Gasteiger partial charge in [-0.25, -0.2) is 4.79 Å². The van der Waals surface area contributed by atoms with Crippen LogP contribution in [0.2, 0.25) is 0 Å². The molecule has 20 heavy (non-hydrogen) atoms. The predicted molar refractivity (Wildman–Crippen MR) is 73.5 cm³/mol.